The summed E-state index contributed by atoms with van der Waals surface area (Å²) in [4.78, 5) is 13.7. The van der Waals surface area contributed by atoms with Gasteiger partial charge in [-0.1, -0.05) is 6.92 Å². The molecule has 1 amide bonds. The molecular formula is C13H28ClN3O. The molecule has 3 N–H and O–H groups in total. The molecule has 5 heteroatoms. The molecule has 1 unspecified atom stereocenters. The lowest BCUT2D eigenvalue weighted by Gasteiger charge is -2.30. The first-order valence-corrected chi connectivity index (χ1v) is 6.91. The van der Waals surface area contributed by atoms with Gasteiger partial charge in [0.15, 0.2) is 0 Å². The van der Waals surface area contributed by atoms with Gasteiger partial charge in [0, 0.05) is 26.1 Å². The lowest BCUT2D eigenvalue weighted by atomic mass is 10.0. The summed E-state index contributed by atoms with van der Waals surface area (Å²) in [6.07, 6.45) is 5.42. The Morgan fingerprint density at radius 1 is 1.44 bits per heavy atom. The molecule has 0 saturated carbocycles. The summed E-state index contributed by atoms with van der Waals surface area (Å²) in [6, 6.07) is 0. The van der Waals surface area contributed by atoms with Gasteiger partial charge in [-0.25, -0.2) is 0 Å². The van der Waals surface area contributed by atoms with Crippen molar-refractivity contribution in [1.29, 1.82) is 0 Å². The normalized spacial score (nSPS) is 20.2. The van der Waals surface area contributed by atoms with Gasteiger partial charge in [0.25, 0.3) is 0 Å². The number of hydrogen-bond donors (Lipinski definition) is 2. The molecule has 0 aliphatic carbocycles. The molecule has 18 heavy (non-hydrogen) atoms. The quantitative estimate of drug-likeness (QED) is 0.692. The lowest BCUT2D eigenvalue weighted by Crippen LogP contribution is -2.35. The second-order valence-electron chi connectivity index (χ2n) is 5.14. The van der Waals surface area contributed by atoms with Crippen LogP contribution in [0.3, 0.4) is 0 Å². The Labute approximate surface area is 117 Å². The van der Waals surface area contributed by atoms with Gasteiger partial charge >= 0.3 is 0 Å². The van der Waals surface area contributed by atoms with E-state index in [1.807, 2.05) is 0 Å². The predicted octanol–water partition coefficient (Wildman–Crippen LogP) is 1.39. The Kier molecular flexibility index (Phi) is 10.4. The molecule has 108 valence electrons. The van der Waals surface area contributed by atoms with Crippen LogP contribution >= 0.6 is 12.4 Å². The zero-order valence-electron chi connectivity index (χ0n) is 11.5. The Bertz CT molecular complexity index is 226. The van der Waals surface area contributed by atoms with E-state index in [2.05, 4.69) is 17.1 Å². The van der Waals surface area contributed by atoms with E-state index in [1.165, 1.54) is 38.9 Å². The maximum Gasteiger partial charge on any atom is 0.221 e. The standard InChI is InChI=1S/C13H27N3O.ClH/c1-12-5-4-10-16(11-12)9-3-2-8-15-13(17)6-7-14;/h12H,2-11,14H2,1H3,(H,15,17);1H. The molecule has 1 heterocycles. The van der Waals surface area contributed by atoms with E-state index >= 15 is 0 Å². The van der Waals surface area contributed by atoms with Crippen molar-refractivity contribution in [3.63, 3.8) is 0 Å². The van der Waals surface area contributed by atoms with Crippen LogP contribution in [0.25, 0.3) is 0 Å². The summed E-state index contributed by atoms with van der Waals surface area (Å²) in [5.74, 6) is 0.937. The van der Waals surface area contributed by atoms with Crippen LogP contribution in [0.5, 0.6) is 0 Å². The van der Waals surface area contributed by atoms with E-state index in [1.54, 1.807) is 0 Å². The highest BCUT2D eigenvalue weighted by Gasteiger charge is 2.15. The number of nitrogens with zero attached hydrogens (tertiary/aromatic N) is 1. The molecule has 1 aliphatic rings. The van der Waals surface area contributed by atoms with Crippen molar-refractivity contribution in [1.82, 2.24) is 10.2 Å². The van der Waals surface area contributed by atoms with Gasteiger partial charge < -0.3 is 16.0 Å². The van der Waals surface area contributed by atoms with Crippen molar-refractivity contribution in [2.75, 3.05) is 32.7 Å². The van der Waals surface area contributed by atoms with E-state index in [0.29, 0.717) is 13.0 Å². The van der Waals surface area contributed by atoms with E-state index in [9.17, 15) is 4.79 Å². The summed E-state index contributed by atoms with van der Waals surface area (Å²) < 4.78 is 0. The molecule has 0 aromatic heterocycles. The molecule has 1 atom stereocenters. The highest BCUT2D eigenvalue weighted by atomic mass is 35.5. The fourth-order valence-corrected chi connectivity index (χ4v) is 2.40. The third-order valence-corrected chi connectivity index (χ3v) is 3.34. The van der Waals surface area contributed by atoms with Crippen molar-refractivity contribution in [2.45, 2.75) is 39.0 Å². The monoisotopic (exact) mass is 277 g/mol. The van der Waals surface area contributed by atoms with Crippen LogP contribution < -0.4 is 11.1 Å². The van der Waals surface area contributed by atoms with Gasteiger partial charge in [-0.2, -0.15) is 0 Å². The van der Waals surface area contributed by atoms with Crippen LogP contribution in [0.1, 0.15) is 39.0 Å². The number of amides is 1. The van der Waals surface area contributed by atoms with E-state index in [0.717, 1.165) is 18.9 Å². The van der Waals surface area contributed by atoms with Crippen molar-refractivity contribution >= 4 is 18.3 Å². The average Bonchev–Trinajstić information content (AvgIpc) is 2.29. The zero-order chi connectivity index (χ0) is 12.5. The predicted molar refractivity (Wildman–Crippen MR) is 78.0 cm³/mol. The Morgan fingerprint density at radius 3 is 2.89 bits per heavy atom. The SMILES string of the molecule is CC1CCCN(CCCCNC(=O)CCN)C1.Cl. The fourth-order valence-electron chi connectivity index (χ4n) is 2.40. The number of carbonyl (C=O) groups is 1. The van der Waals surface area contributed by atoms with Crippen LogP contribution in [0, 0.1) is 5.92 Å². The molecule has 1 aliphatic heterocycles. The first-order valence-electron chi connectivity index (χ1n) is 6.91. The summed E-state index contributed by atoms with van der Waals surface area (Å²) in [5.41, 5.74) is 5.30. The largest absolute Gasteiger partial charge is 0.356 e. The number of unbranched alkanes of at least 4 members (excludes halogenated alkanes) is 1. The van der Waals surface area contributed by atoms with Gasteiger partial charge in [0.05, 0.1) is 0 Å². The minimum absolute atomic E-state index is 0. The third-order valence-electron chi connectivity index (χ3n) is 3.34. The summed E-state index contributed by atoms with van der Waals surface area (Å²) in [5, 5.41) is 2.89. The average molecular weight is 278 g/mol. The zero-order valence-corrected chi connectivity index (χ0v) is 12.3. The van der Waals surface area contributed by atoms with Crippen molar-refractivity contribution < 1.29 is 4.79 Å². The molecule has 4 nitrogen and oxygen atoms in total. The number of piperidine rings is 1. The molecule has 1 saturated heterocycles. The number of carbonyl (C=O) groups excluding carboxylic acids is 1. The number of nitrogens with one attached hydrogen (secondary N) is 1. The second-order valence-corrected chi connectivity index (χ2v) is 5.14. The Morgan fingerprint density at radius 2 is 2.22 bits per heavy atom. The van der Waals surface area contributed by atoms with Gasteiger partial charge in [-0.15, -0.1) is 12.4 Å². The lowest BCUT2D eigenvalue weighted by molar-refractivity contribution is -0.120. The molecule has 0 bridgehead atoms. The first-order chi connectivity index (χ1) is 8.22. The molecule has 0 aromatic carbocycles. The fraction of sp³-hybridized carbons (Fsp3) is 0.923. The number of likely N-dealkylation sites (tertiary alicyclic amines) is 1. The van der Waals surface area contributed by atoms with Gasteiger partial charge in [0.2, 0.25) is 5.91 Å². The van der Waals surface area contributed by atoms with Crippen molar-refractivity contribution in [2.24, 2.45) is 11.7 Å². The minimum atomic E-state index is 0. The van der Waals surface area contributed by atoms with Crippen LogP contribution in [0.15, 0.2) is 0 Å². The first kappa shape index (κ1) is 17.7. The molecule has 0 aromatic rings. The summed E-state index contributed by atoms with van der Waals surface area (Å²) in [6.45, 7) is 7.25. The molecule has 0 spiro atoms. The summed E-state index contributed by atoms with van der Waals surface area (Å²) >= 11 is 0. The number of rotatable bonds is 7. The molecular weight excluding hydrogens is 250 g/mol. The van der Waals surface area contributed by atoms with E-state index in [4.69, 9.17) is 5.73 Å². The van der Waals surface area contributed by atoms with Crippen LogP contribution in [-0.4, -0.2) is 43.5 Å². The third kappa shape index (κ3) is 7.90. The van der Waals surface area contributed by atoms with Gasteiger partial charge in [0.1, 0.15) is 0 Å². The van der Waals surface area contributed by atoms with Crippen molar-refractivity contribution in [3.05, 3.63) is 0 Å². The van der Waals surface area contributed by atoms with Crippen LogP contribution in [0.2, 0.25) is 0 Å². The maximum absolute atomic E-state index is 11.1. The molecule has 1 rings (SSSR count). The highest BCUT2D eigenvalue weighted by Crippen LogP contribution is 2.15. The van der Waals surface area contributed by atoms with Gasteiger partial charge in [-0.05, 0) is 44.7 Å². The minimum Gasteiger partial charge on any atom is -0.356 e. The number of hydrogen-bond acceptors (Lipinski definition) is 3. The van der Waals surface area contributed by atoms with E-state index in [-0.39, 0.29) is 18.3 Å². The maximum atomic E-state index is 11.1. The van der Waals surface area contributed by atoms with Gasteiger partial charge in [-0.3, -0.25) is 4.79 Å². The smallest absolute Gasteiger partial charge is 0.221 e. The van der Waals surface area contributed by atoms with E-state index < -0.39 is 0 Å². The topological polar surface area (TPSA) is 58.4 Å². The number of nitrogens with two attached hydrogens (primary N) is 1. The van der Waals surface area contributed by atoms with Crippen LogP contribution in [0.4, 0.5) is 0 Å². The van der Waals surface area contributed by atoms with Crippen LogP contribution in [-0.2, 0) is 4.79 Å². The Balaban J connectivity index is 0.00000289. The number of halogens is 1. The molecule has 1 fully saturated rings. The second kappa shape index (κ2) is 10.6. The highest BCUT2D eigenvalue weighted by molar-refractivity contribution is 5.85. The Hall–Kier alpha value is -0.320. The van der Waals surface area contributed by atoms with Crippen molar-refractivity contribution in [3.8, 4) is 0 Å². The summed E-state index contributed by atoms with van der Waals surface area (Å²) in [7, 11) is 0. The molecule has 0 radical (unpaired) electrons.